The van der Waals surface area contributed by atoms with Crippen LogP contribution in [0.2, 0.25) is 0 Å². The number of aryl methyl sites for hydroxylation is 1. The Morgan fingerprint density at radius 1 is 1.16 bits per heavy atom. The zero-order chi connectivity index (χ0) is 17.6. The average Bonchev–Trinajstić information content (AvgIpc) is 3.08. The predicted octanol–water partition coefficient (Wildman–Crippen LogP) is 2.96. The molecule has 1 amide bonds. The average molecular weight is 342 g/mol. The molecule has 6 nitrogen and oxygen atoms in total. The molecule has 2 aromatic rings. The van der Waals surface area contributed by atoms with Crippen LogP contribution in [0.3, 0.4) is 0 Å². The Labute approximate surface area is 148 Å². The van der Waals surface area contributed by atoms with E-state index < -0.39 is 0 Å². The van der Waals surface area contributed by atoms with E-state index in [2.05, 4.69) is 10.3 Å². The summed E-state index contributed by atoms with van der Waals surface area (Å²) in [7, 11) is 1.87. The van der Waals surface area contributed by atoms with Gasteiger partial charge in [-0.05, 0) is 25.3 Å². The maximum Gasteiger partial charge on any atom is 0.222 e. The van der Waals surface area contributed by atoms with E-state index in [1.165, 1.54) is 0 Å². The quantitative estimate of drug-likeness (QED) is 0.799. The molecule has 0 radical (unpaired) electrons. The van der Waals surface area contributed by atoms with Crippen molar-refractivity contribution in [2.24, 2.45) is 0 Å². The molecule has 0 aliphatic carbocycles. The standard InChI is InChI=1S/C19H26N4O2/c1-15-19(16-9-5-3-6-10-16)25-14-17-13-23(21-20-17)12-8-4-7-11-18(24)22(15)2/h3,5-6,9-10,13,15,19H,4,7-8,11-12,14H2,1-2H3/t15-,19-/m0/s1. The van der Waals surface area contributed by atoms with Crippen LogP contribution in [0.1, 0.15) is 50.0 Å². The summed E-state index contributed by atoms with van der Waals surface area (Å²) < 4.78 is 8.05. The van der Waals surface area contributed by atoms with Crippen LogP contribution in [0.25, 0.3) is 0 Å². The van der Waals surface area contributed by atoms with Gasteiger partial charge in [-0.3, -0.25) is 9.48 Å². The van der Waals surface area contributed by atoms with Gasteiger partial charge in [-0.25, -0.2) is 0 Å². The Balaban J connectivity index is 1.85. The zero-order valence-electron chi connectivity index (χ0n) is 15.0. The van der Waals surface area contributed by atoms with Crippen LogP contribution < -0.4 is 0 Å². The van der Waals surface area contributed by atoms with Gasteiger partial charge in [0.1, 0.15) is 11.8 Å². The van der Waals surface area contributed by atoms with Gasteiger partial charge in [0.15, 0.2) is 0 Å². The summed E-state index contributed by atoms with van der Waals surface area (Å²) in [5.74, 6) is 0.172. The Morgan fingerprint density at radius 2 is 1.96 bits per heavy atom. The van der Waals surface area contributed by atoms with Crippen LogP contribution in [0.4, 0.5) is 0 Å². The number of benzene rings is 1. The maximum atomic E-state index is 12.5. The molecule has 0 fully saturated rings. The molecule has 0 N–H and O–H groups in total. The van der Waals surface area contributed by atoms with Gasteiger partial charge in [-0.15, -0.1) is 5.10 Å². The molecule has 2 atom stereocenters. The van der Waals surface area contributed by atoms with Crippen LogP contribution in [0, 0.1) is 0 Å². The highest BCUT2D eigenvalue weighted by molar-refractivity contribution is 5.76. The number of nitrogens with zero attached hydrogens (tertiary/aromatic N) is 4. The first-order valence-corrected chi connectivity index (χ1v) is 8.96. The predicted molar refractivity (Wildman–Crippen MR) is 94.7 cm³/mol. The van der Waals surface area contributed by atoms with Gasteiger partial charge in [-0.1, -0.05) is 42.0 Å². The zero-order valence-corrected chi connectivity index (χ0v) is 15.0. The number of hydrogen-bond acceptors (Lipinski definition) is 4. The fourth-order valence-electron chi connectivity index (χ4n) is 3.18. The molecule has 0 unspecified atom stereocenters. The van der Waals surface area contributed by atoms with Crippen LogP contribution in [0.15, 0.2) is 36.5 Å². The Bertz CT molecular complexity index is 686. The number of likely N-dealkylation sites (N-methyl/N-ethyl adjacent to an activating group) is 1. The minimum absolute atomic E-state index is 0.0621. The number of rotatable bonds is 1. The summed E-state index contributed by atoms with van der Waals surface area (Å²) in [6, 6.07) is 9.99. The molecule has 1 aromatic heterocycles. The third kappa shape index (κ3) is 4.45. The third-order valence-electron chi connectivity index (χ3n) is 4.85. The number of fused-ring (bicyclic) bond motifs is 2. The third-order valence-corrected chi connectivity index (χ3v) is 4.85. The van der Waals surface area contributed by atoms with Crippen LogP contribution in [-0.4, -0.2) is 38.9 Å². The molecule has 2 heterocycles. The topological polar surface area (TPSA) is 60.2 Å². The van der Waals surface area contributed by atoms with Crippen molar-refractivity contribution in [3.8, 4) is 0 Å². The number of carbonyl (C=O) groups excluding carboxylic acids is 1. The summed E-state index contributed by atoms with van der Waals surface area (Å²) in [5, 5.41) is 8.37. The Morgan fingerprint density at radius 3 is 2.76 bits per heavy atom. The van der Waals surface area contributed by atoms with E-state index in [1.807, 2.05) is 60.1 Å². The van der Waals surface area contributed by atoms with Gasteiger partial charge >= 0.3 is 0 Å². The summed E-state index contributed by atoms with van der Waals surface area (Å²) in [6.07, 6.45) is 5.24. The lowest BCUT2D eigenvalue weighted by Gasteiger charge is -2.32. The van der Waals surface area contributed by atoms with Gasteiger partial charge in [0.05, 0.1) is 18.8 Å². The van der Waals surface area contributed by atoms with E-state index in [0.29, 0.717) is 13.0 Å². The maximum absolute atomic E-state index is 12.5. The van der Waals surface area contributed by atoms with Gasteiger partial charge in [0.25, 0.3) is 0 Å². The van der Waals surface area contributed by atoms with Crippen LogP contribution in [0.5, 0.6) is 0 Å². The molecule has 25 heavy (non-hydrogen) atoms. The summed E-state index contributed by atoms with van der Waals surface area (Å²) in [5.41, 5.74) is 1.88. The number of ether oxygens (including phenoxy) is 1. The van der Waals surface area contributed by atoms with E-state index in [1.54, 1.807) is 0 Å². The number of aromatic nitrogens is 3. The molecule has 2 bridgehead atoms. The fourth-order valence-corrected chi connectivity index (χ4v) is 3.18. The van der Waals surface area contributed by atoms with Crippen molar-refractivity contribution in [3.05, 3.63) is 47.8 Å². The minimum Gasteiger partial charge on any atom is -0.365 e. The van der Waals surface area contributed by atoms with Crippen molar-refractivity contribution < 1.29 is 9.53 Å². The van der Waals surface area contributed by atoms with E-state index in [4.69, 9.17) is 4.74 Å². The fraction of sp³-hybridized carbons (Fsp3) is 0.526. The molecule has 0 spiro atoms. The molecule has 6 heteroatoms. The second-order valence-corrected chi connectivity index (χ2v) is 6.67. The van der Waals surface area contributed by atoms with Crippen molar-refractivity contribution in [1.29, 1.82) is 0 Å². The van der Waals surface area contributed by atoms with Gasteiger partial charge in [-0.2, -0.15) is 0 Å². The highest BCUT2D eigenvalue weighted by Gasteiger charge is 2.27. The Kier molecular flexibility index (Phi) is 5.81. The normalized spacial score (nSPS) is 23.3. The molecule has 134 valence electrons. The molecule has 1 aromatic carbocycles. The summed E-state index contributed by atoms with van der Waals surface area (Å²) >= 11 is 0. The second kappa shape index (κ2) is 8.25. The SMILES string of the molecule is C[C@H]1[C@@H](c2ccccc2)OCc2cn(nn2)CCCCCC(=O)N1C. The monoisotopic (exact) mass is 342 g/mol. The number of hydrogen-bond donors (Lipinski definition) is 0. The van der Waals surface area contributed by atoms with E-state index in [0.717, 1.165) is 37.1 Å². The lowest BCUT2D eigenvalue weighted by Crippen LogP contribution is -2.39. The molecule has 3 rings (SSSR count). The van der Waals surface area contributed by atoms with Crippen molar-refractivity contribution in [2.45, 2.75) is 57.9 Å². The lowest BCUT2D eigenvalue weighted by molar-refractivity contribution is -0.135. The van der Waals surface area contributed by atoms with Gasteiger partial charge < -0.3 is 9.64 Å². The molecular weight excluding hydrogens is 316 g/mol. The van der Waals surface area contributed by atoms with Gasteiger partial charge in [0, 0.05) is 20.0 Å². The van der Waals surface area contributed by atoms with Crippen LogP contribution in [-0.2, 0) is 22.7 Å². The van der Waals surface area contributed by atoms with E-state index in [-0.39, 0.29) is 18.1 Å². The van der Waals surface area contributed by atoms with Crippen molar-refractivity contribution in [2.75, 3.05) is 7.05 Å². The molecule has 0 saturated carbocycles. The van der Waals surface area contributed by atoms with Crippen LogP contribution >= 0.6 is 0 Å². The Hall–Kier alpha value is -2.21. The summed E-state index contributed by atoms with van der Waals surface area (Å²) in [6.45, 7) is 3.25. The highest BCUT2D eigenvalue weighted by Crippen LogP contribution is 2.26. The van der Waals surface area contributed by atoms with Crippen molar-refractivity contribution in [1.82, 2.24) is 19.9 Å². The van der Waals surface area contributed by atoms with E-state index in [9.17, 15) is 4.79 Å². The van der Waals surface area contributed by atoms with E-state index >= 15 is 0 Å². The first-order chi connectivity index (χ1) is 12.1. The van der Waals surface area contributed by atoms with Gasteiger partial charge in [0.2, 0.25) is 5.91 Å². The molecule has 1 aliphatic rings. The minimum atomic E-state index is -0.205. The molecular formula is C19H26N4O2. The lowest BCUT2D eigenvalue weighted by atomic mass is 10.0. The first-order valence-electron chi connectivity index (χ1n) is 8.96. The van der Waals surface area contributed by atoms with Crippen molar-refractivity contribution in [3.63, 3.8) is 0 Å². The highest BCUT2D eigenvalue weighted by atomic mass is 16.5. The summed E-state index contributed by atoms with van der Waals surface area (Å²) in [4.78, 5) is 14.3. The number of carbonyl (C=O) groups is 1. The smallest absolute Gasteiger partial charge is 0.222 e. The molecule has 1 aliphatic heterocycles. The largest absolute Gasteiger partial charge is 0.365 e. The second-order valence-electron chi connectivity index (χ2n) is 6.67. The molecule has 0 saturated heterocycles. The van der Waals surface area contributed by atoms with Crippen molar-refractivity contribution >= 4 is 5.91 Å². The number of amides is 1. The first kappa shape index (κ1) is 17.6.